The van der Waals surface area contributed by atoms with Gasteiger partial charge in [-0.2, -0.15) is 5.26 Å². The summed E-state index contributed by atoms with van der Waals surface area (Å²) in [6.07, 6.45) is 1.60. The molecule has 20 heavy (non-hydrogen) atoms. The van der Waals surface area contributed by atoms with Crippen LogP contribution < -0.4 is 5.56 Å². The summed E-state index contributed by atoms with van der Waals surface area (Å²) in [6.45, 7) is 4.40. The Hall–Kier alpha value is -2.13. The van der Waals surface area contributed by atoms with E-state index < -0.39 is 0 Å². The molecule has 0 saturated carbocycles. The monoisotopic (exact) mass is 274 g/mol. The second-order valence-electron chi connectivity index (χ2n) is 5.00. The van der Waals surface area contributed by atoms with Crippen LogP contribution in [0.25, 0.3) is 0 Å². The molecule has 6 nitrogen and oxygen atoms in total. The maximum atomic E-state index is 12.3. The average molecular weight is 274 g/mol. The van der Waals surface area contributed by atoms with Gasteiger partial charge in [0, 0.05) is 51.1 Å². The van der Waals surface area contributed by atoms with Crippen LogP contribution in [0.2, 0.25) is 0 Å². The van der Waals surface area contributed by atoms with Gasteiger partial charge < -0.3 is 9.47 Å². The topological polar surface area (TPSA) is 69.3 Å². The van der Waals surface area contributed by atoms with Crippen LogP contribution in [0.5, 0.6) is 0 Å². The molecule has 0 aromatic carbocycles. The third-order valence-electron chi connectivity index (χ3n) is 3.69. The highest BCUT2D eigenvalue weighted by Gasteiger charge is 2.24. The van der Waals surface area contributed by atoms with Crippen LogP contribution in [0, 0.1) is 11.3 Å². The van der Waals surface area contributed by atoms with Gasteiger partial charge in [0.25, 0.3) is 11.5 Å². The summed E-state index contributed by atoms with van der Waals surface area (Å²) in [6, 6.07) is 5.10. The third kappa shape index (κ3) is 2.89. The first-order valence-corrected chi connectivity index (χ1v) is 6.62. The Bertz CT molecular complexity index is 594. The fraction of sp³-hybridized carbons (Fsp3) is 0.500. The van der Waals surface area contributed by atoms with Gasteiger partial charge in [0.15, 0.2) is 0 Å². The number of carbonyl (C=O) groups is 1. The Balaban J connectivity index is 2.03. The summed E-state index contributed by atoms with van der Waals surface area (Å²) >= 11 is 0. The fourth-order valence-electron chi connectivity index (χ4n) is 2.26. The maximum Gasteiger partial charge on any atom is 0.254 e. The summed E-state index contributed by atoms with van der Waals surface area (Å²) in [7, 11) is 1.65. The molecule has 1 aliphatic rings. The molecule has 0 spiro atoms. The molecule has 0 N–H and O–H groups in total. The van der Waals surface area contributed by atoms with Crippen LogP contribution in [-0.4, -0.2) is 52.5 Å². The average Bonchev–Trinajstić information content (AvgIpc) is 2.48. The molecule has 1 aromatic rings. The summed E-state index contributed by atoms with van der Waals surface area (Å²) in [4.78, 5) is 27.6. The predicted molar refractivity (Wildman–Crippen MR) is 74.2 cm³/mol. The van der Waals surface area contributed by atoms with Gasteiger partial charge in [-0.3, -0.25) is 14.5 Å². The van der Waals surface area contributed by atoms with Gasteiger partial charge in [0.2, 0.25) is 0 Å². The number of hydrogen-bond donors (Lipinski definition) is 0. The molecule has 0 radical (unpaired) electrons. The molecular weight excluding hydrogens is 256 g/mol. The lowest BCUT2D eigenvalue weighted by Gasteiger charge is -2.35. The number of carbonyl (C=O) groups excluding carboxylic acids is 1. The Morgan fingerprint density at radius 3 is 2.55 bits per heavy atom. The van der Waals surface area contributed by atoms with Gasteiger partial charge in [0.1, 0.15) is 0 Å². The van der Waals surface area contributed by atoms with Gasteiger partial charge in [-0.15, -0.1) is 0 Å². The zero-order valence-corrected chi connectivity index (χ0v) is 11.7. The number of nitrogens with zero attached hydrogens (tertiary/aromatic N) is 4. The normalized spacial score (nSPS) is 17.6. The van der Waals surface area contributed by atoms with Crippen LogP contribution in [0.1, 0.15) is 17.3 Å². The molecule has 1 aliphatic heterocycles. The van der Waals surface area contributed by atoms with Crippen LogP contribution in [0.3, 0.4) is 0 Å². The van der Waals surface area contributed by atoms with Gasteiger partial charge in [-0.05, 0) is 13.0 Å². The molecule has 2 rings (SSSR count). The van der Waals surface area contributed by atoms with E-state index in [-0.39, 0.29) is 17.5 Å². The van der Waals surface area contributed by atoms with Gasteiger partial charge in [-0.25, -0.2) is 0 Å². The first-order chi connectivity index (χ1) is 9.52. The molecule has 106 valence electrons. The molecule has 1 atom stereocenters. The smallest absolute Gasteiger partial charge is 0.254 e. The van der Waals surface area contributed by atoms with Crippen molar-refractivity contribution < 1.29 is 4.79 Å². The lowest BCUT2D eigenvalue weighted by molar-refractivity contribution is 0.0615. The largest absolute Gasteiger partial charge is 0.336 e. The minimum atomic E-state index is -0.187. The molecule has 2 heterocycles. The summed E-state index contributed by atoms with van der Waals surface area (Å²) < 4.78 is 1.43. The number of amides is 1. The second-order valence-corrected chi connectivity index (χ2v) is 5.00. The van der Waals surface area contributed by atoms with E-state index in [9.17, 15) is 9.59 Å². The zero-order valence-electron chi connectivity index (χ0n) is 11.7. The number of rotatable bonds is 2. The number of aryl methyl sites for hydroxylation is 1. The van der Waals surface area contributed by atoms with Crippen molar-refractivity contribution in [2.24, 2.45) is 7.05 Å². The van der Waals surface area contributed by atoms with E-state index in [1.54, 1.807) is 24.2 Å². The maximum absolute atomic E-state index is 12.3. The minimum Gasteiger partial charge on any atom is -0.336 e. The second kappa shape index (κ2) is 5.88. The molecule has 0 aliphatic carbocycles. The summed E-state index contributed by atoms with van der Waals surface area (Å²) in [5, 5.41) is 8.89. The first kappa shape index (κ1) is 14.3. The number of aromatic nitrogens is 1. The standard InChI is InChI=1S/C14H18N4O2/c1-11(10-15)17-5-7-18(8-6-17)14(20)12-3-4-16(2)13(19)9-12/h3-4,9,11H,5-8H2,1-2H3. The molecule has 1 unspecified atom stereocenters. The molecule has 1 aromatic heterocycles. The number of hydrogen-bond acceptors (Lipinski definition) is 4. The molecule has 1 fully saturated rings. The number of nitriles is 1. The van der Waals surface area contributed by atoms with Crippen LogP contribution in [0.15, 0.2) is 23.1 Å². The predicted octanol–water partition coefficient (Wildman–Crippen LogP) is 0.0552. The molecule has 1 saturated heterocycles. The third-order valence-corrected chi connectivity index (χ3v) is 3.69. The van der Waals surface area contributed by atoms with Crippen LogP contribution in [-0.2, 0) is 7.05 Å². The quantitative estimate of drug-likeness (QED) is 0.764. The van der Waals surface area contributed by atoms with Crippen molar-refractivity contribution in [1.29, 1.82) is 5.26 Å². The van der Waals surface area contributed by atoms with Gasteiger partial charge in [-0.1, -0.05) is 0 Å². The molecule has 6 heteroatoms. The summed E-state index contributed by atoms with van der Waals surface area (Å²) in [5.74, 6) is -0.119. The molecule has 0 bridgehead atoms. The van der Waals surface area contributed by atoms with E-state index in [4.69, 9.17) is 5.26 Å². The van der Waals surface area contributed by atoms with Crippen molar-refractivity contribution in [3.8, 4) is 6.07 Å². The van der Waals surface area contributed by atoms with E-state index in [0.29, 0.717) is 31.7 Å². The van der Waals surface area contributed by atoms with E-state index in [1.165, 1.54) is 10.6 Å². The van der Waals surface area contributed by atoms with Gasteiger partial charge >= 0.3 is 0 Å². The van der Waals surface area contributed by atoms with Crippen molar-refractivity contribution in [3.05, 3.63) is 34.2 Å². The highest BCUT2D eigenvalue weighted by atomic mass is 16.2. The Kier molecular flexibility index (Phi) is 4.20. The van der Waals surface area contributed by atoms with E-state index >= 15 is 0 Å². The minimum absolute atomic E-state index is 0.119. The highest BCUT2D eigenvalue weighted by Crippen LogP contribution is 2.09. The van der Waals surface area contributed by atoms with Crippen molar-refractivity contribution in [2.45, 2.75) is 13.0 Å². The fourth-order valence-corrected chi connectivity index (χ4v) is 2.26. The SMILES string of the molecule is CC(C#N)N1CCN(C(=O)c2ccn(C)c(=O)c2)CC1. The zero-order chi connectivity index (χ0) is 14.7. The van der Waals surface area contributed by atoms with Crippen molar-refractivity contribution in [1.82, 2.24) is 14.4 Å². The van der Waals surface area contributed by atoms with Gasteiger partial charge in [0.05, 0.1) is 12.1 Å². The van der Waals surface area contributed by atoms with Crippen molar-refractivity contribution in [3.63, 3.8) is 0 Å². The first-order valence-electron chi connectivity index (χ1n) is 6.62. The van der Waals surface area contributed by atoms with E-state index in [1.807, 2.05) is 11.8 Å². The van der Waals surface area contributed by atoms with Crippen LogP contribution >= 0.6 is 0 Å². The number of pyridine rings is 1. The Labute approximate surface area is 117 Å². The highest BCUT2D eigenvalue weighted by molar-refractivity contribution is 5.94. The molecular formula is C14H18N4O2. The van der Waals surface area contributed by atoms with E-state index in [2.05, 4.69) is 6.07 Å². The lowest BCUT2D eigenvalue weighted by atomic mass is 10.2. The van der Waals surface area contributed by atoms with Crippen molar-refractivity contribution in [2.75, 3.05) is 26.2 Å². The van der Waals surface area contributed by atoms with E-state index in [0.717, 1.165) is 0 Å². The molecule has 1 amide bonds. The van der Waals surface area contributed by atoms with Crippen LogP contribution in [0.4, 0.5) is 0 Å². The van der Waals surface area contributed by atoms with Crippen molar-refractivity contribution >= 4 is 5.91 Å². The number of piperazine rings is 1. The Morgan fingerprint density at radius 1 is 1.35 bits per heavy atom. The Morgan fingerprint density at radius 2 is 2.00 bits per heavy atom. The lowest BCUT2D eigenvalue weighted by Crippen LogP contribution is -2.51. The summed E-state index contributed by atoms with van der Waals surface area (Å²) in [5.41, 5.74) is 0.238.